The Hall–Kier alpha value is -5.66. The Morgan fingerprint density at radius 1 is 0.500 bits per heavy atom. The third-order valence-electron chi connectivity index (χ3n) is 21.7. The highest BCUT2D eigenvalue weighted by atomic mass is 35.5. The molecule has 2 N–H and O–H groups in total. The van der Waals surface area contributed by atoms with Crippen LogP contribution >= 0.6 is 11.6 Å². The van der Waals surface area contributed by atoms with Gasteiger partial charge in [-0.15, -0.1) is 0 Å². The summed E-state index contributed by atoms with van der Waals surface area (Å²) in [5.74, 6) is 1.95. The van der Waals surface area contributed by atoms with Crippen molar-refractivity contribution in [3.05, 3.63) is 72.1 Å². The van der Waals surface area contributed by atoms with Crippen molar-refractivity contribution in [2.45, 2.75) is 181 Å². The number of ether oxygens (including phenoxy) is 1. The minimum absolute atomic E-state index is 0.137. The molecule has 4 aromatic rings. The number of carbonyl (C=O) groups excluding carboxylic acids is 5. The Balaban J connectivity index is 0.000000183. The van der Waals surface area contributed by atoms with Crippen LogP contribution in [0.5, 0.6) is 0 Å². The quantitative estimate of drug-likeness (QED) is 0.0902. The first kappa shape index (κ1) is 71.1. The van der Waals surface area contributed by atoms with E-state index in [2.05, 4.69) is 95.2 Å². The molecule has 8 aliphatic rings. The molecule has 0 spiro atoms. The second-order valence-electron chi connectivity index (χ2n) is 29.4. The van der Waals surface area contributed by atoms with E-state index < -0.39 is 5.60 Å². The number of hydrogen-bond acceptors (Lipinski definition) is 14. The predicted molar refractivity (Wildman–Crippen MR) is 379 cm³/mol. The summed E-state index contributed by atoms with van der Waals surface area (Å²) in [4.78, 5) is 91.7. The number of piperidine rings is 2. The van der Waals surface area contributed by atoms with E-state index >= 15 is 0 Å². The lowest BCUT2D eigenvalue weighted by Crippen LogP contribution is -2.50. The van der Waals surface area contributed by atoms with E-state index in [4.69, 9.17) is 26.3 Å². The van der Waals surface area contributed by atoms with Gasteiger partial charge < -0.3 is 44.8 Å². The number of nitrogens with one attached hydrogen (secondary N) is 2. The number of aromatic nitrogens is 2. The Morgan fingerprint density at radius 3 is 1.34 bits per heavy atom. The summed E-state index contributed by atoms with van der Waals surface area (Å²) in [5, 5.41) is 8.73. The van der Waals surface area contributed by atoms with Gasteiger partial charge >= 0.3 is 6.09 Å². The number of carbonyl (C=O) groups is 5. The minimum Gasteiger partial charge on any atom is -0.444 e. The van der Waals surface area contributed by atoms with Gasteiger partial charge in [-0.3, -0.25) is 38.9 Å². The summed E-state index contributed by atoms with van der Waals surface area (Å²) in [6.45, 7) is 28.7. The van der Waals surface area contributed by atoms with Crippen LogP contribution in [0.3, 0.4) is 0 Å². The summed E-state index contributed by atoms with van der Waals surface area (Å²) in [6, 6.07) is 17.4. The lowest BCUT2D eigenvalue weighted by Gasteiger charge is -2.41. The Morgan fingerprint density at radius 2 is 0.926 bits per heavy atom. The van der Waals surface area contributed by atoms with Crippen LogP contribution < -0.4 is 20.4 Å². The van der Waals surface area contributed by atoms with Crippen molar-refractivity contribution in [3.63, 3.8) is 0 Å². The standard InChI is InChI=1S/C35H52N6O2.C34H52N6O3.C6H9ClO/c1-27-11-12-29-10-6-15-37-33(29)34(27)40-20-7-19-39(24-25-40)31(26-32(42)36-16-23-38-17-4-5-18-38)28-13-21-41(22-14-28)35(43)30-8-2-3-9-30;1-26-10-11-28-9-7-14-36-31(28)32(26)39-19-8-18-38(23-24-39)29(25-30(41)35-15-22-37-16-5-6-17-37)27-12-20-40(21-13-27)33(42)43-34(2,3)4;7-6(8)5-3-1-2-4-5/h6,10-12,15,28,30-31H,2-5,7-9,13-14,16-26H2,1H3,(H,36,42);7,9-11,14,27,29H,5-6,8,12-13,15-25H2,1-4H3,(H,35,41);5H,1-4H2. The molecule has 2 saturated carbocycles. The number of halogens is 1. The lowest BCUT2D eigenvalue weighted by molar-refractivity contribution is -0.137. The fraction of sp³-hybridized carbons (Fsp3) is 0.693. The van der Waals surface area contributed by atoms with Gasteiger partial charge in [0.05, 0.1) is 22.4 Å². The summed E-state index contributed by atoms with van der Waals surface area (Å²) in [7, 11) is 0. The summed E-state index contributed by atoms with van der Waals surface area (Å²) in [6.07, 6.45) is 24.5. The van der Waals surface area contributed by atoms with Crippen molar-refractivity contribution >= 4 is 73.8 Å². The van der Waals surface area contributed by atoms with E-state index in [0.717, 1.165) is 187 Å². The van der Waals surface area contributed by atoms with Gasteiger partial charge in [0, 0.05) is 165 Å². The van der Waals surface area contributed by atoms with Crippen molar-refractivity contribution in [2.24, 2.45) is 23.7 Å². The maximum absolute atomic E-state index is 13.4. The molecular formula is C75H113ClN12O6. The summed E-state index contributed by atoms with van der Waals surface area (Å²) >= 11 is 5.25. The average molecular weight is 1310 g/mol. The molecule has 516 valence electrons. The van der Waals surface area contributed by atoms with Crippen LogP contribution in [-0.4, -0.2) is 217 Å². The number of fused-ring (bicyclic) bond motifs is 2. The molecule has 12 rings (SSSR count). The minimum atomic E-state index is -0.500. The van der Waals surface area contributed by atoms with E-state index in [1.54, 1.807) is 0 Å². The van der Waals surface area contributed by atoms with Crippen LogP contribution in [0, 0.1) is 37.5 Å². The Kier molecular flexibility index (Phi) is 26.5. The van der Waals surface area contributed by atoms with Gasteiger partial charge in [0.2, 0.25) is 23.0 Å². The first-order chi connectivity index (χ1) is 45.5. The molecule has 4 amide bonds. The fourth-order valence-corrected chi connectivity index (χ4v) is 16.8. The van der Waals surface area contributed by atoms with Gasteiger partial charge in [-0.05, 0) is 197 Å². The molecule has 8 heterocycles. The number of benzene rings is 2. The maximum Gasteiger partial charge on any atom is 0.410 e. The number of nitrogens with zero attached hydrogens (tertiary/aromatic N) is 10. The van der Waals surface area contributed by atoms with Crippen LogP contribution in [0.2, 0.25) is 0 Å². The molecule has 18 nitrogen and oxygen atoms in total. The highest BCUT2D eigenvalue weighted by Gasteiger charge is 2.39. The number of aryl methyl sites for hydroxylation is 2. The van der Waals surface area contributed by atoms with E-state index in [1.807, 2.05) is 50.2 Å². The summed E-state index contributed by atoms with van der Waals surface area (Å²) < 4.78 is 5.65. The van der Waals surface area contributed by atoms with E-state index in [1.165, 1.54) is 84.6 Å². The van der Waals surface area contributed by atoms with Gasteiger partial charge in [0.15, 0.2) is 0 Å². The Bertz CT molecular complexity index is 3090. The van der Waals surface area contributed by atoms with Crippen LogP contribution in [0.4, 0.5) is 16.2 Å². The average Bonchev–Trinajstić information content (AvgIpc) is 1.15. The van der Waals surface area contributed by atoms with Gasteiger partial charge in [-0.25, -0.2) is 4.79 Å². The zero-order valence-corrected chi connectivity index (χ0v) is 58.6. The van der Waals surface area contributed by atoms with Crippen LogP contribution in [-0.2, 0) is 23.9 Å². The smallest absolute Gasteiger partial charge is 0.410 e. The molecule has 2 aromatic heterocycles. The number of pyridine rings is 2. The molecule has 2 aliphatic carbocycles. The van der Waals surface area contributed by atoms with Crippen LogP contribution in [0.15, 0.2) is 60.9 Å². The van der Waals surface area contributed by atoms with Crippen LogP contribution in [0.1, 0.15) is 160 Å². The molecule has 0 bridgehead atoms. The number of amides is 4. The monoisotopic (exact) mass is 1310 g/mol. The number of likely N-dealkylation sites (tertiary alicyclic amines) is 4. The molecule has 2 atom stereocenters. The normalized spacial score (nSPS) is 21.3. The molecule has 0 radical (unpaired) electrons. The van der Waals surface area contributed by atoms with Crippen molar-refractivity contribution in [1.29, 1.82) is 0 Å². The third kappa shape index (κ3) is 20.0. The number of hydrogen-bond donors (Lipinski definition) is 2. The highest BCUT2D eigenvalue weighted by Crippen LogP contribution is 2.36. The summed E-state index contributed by atoms with van der Waals surface area (Å²) in [5.41, 5.74) is 6.68. The lowest BCUT2D eigenvalue weighted by atomic mass is 9.85. The van der Waals surface area contributed by atoms with E-state index in [-0.39, 0.29) is 47.1 Å². The molecule has 2 aromatic carbocycles. The van der Waals surface area contributed by atoms with Gasteiger partial charge in [0.1, 0.15) is 5.60 Å². The van der Waals surface area contributed by atoms with Crippen LogP contribution in [0.25, 0.3) is 21.8 Å². The molecule has 6 aliphatic heterocycles. The number of rotatable bonds is 18. The second kappa shape index (κ2) is 35.0. The highest BCUT2D eigenvalue weighted by molar-refractivity contribution is 6.64. The fourth-order valence-electron chi connectivity index (χ4n) is 16.6. The third-order valence-corrected chi connectivity index (χ3v) is 22.0. The molecular weight excluding hydrogens is 1200 g/mol. The SMILES string of the molecule is Cc1ccc2cccnc2c1N1CCCN(C(CC(=O)NCCN2CCCC2)C2CCN(C(=O)C3CCCC3)CC2)CC1.Cc1ccc2cccnc2c1N1CCCN(C(CC(=O)NCCN2CCCC2)C2CCN(C(=O)OC(C)(C)C)CC2)CC1.O=C(Cl)C1CCCC1. The van der Waals surface area contributed by atoms with Gasteiger partial charge in [-0.1, -0.05) is 62.1 Å². The topological polar surface area (TPSA) is 170 Å². The second-order valence-corrected chi connectivity index (χ2v) is 29.8. The molecule has 2 unspecified atom stereocenters. The van der Waals surface area contributed by atoms with E-state index in [9.17, 15) is 24.0 Å². The Labute approximate surface area is 566 Å². The van der Waals surface area contributed by atoms with Gasteiger partial charge in [-0.2, -0.15) is 0 Å². The van der Waals surface area contributed by atoms with Crippen molar-refractivity contribution in [1.82, 2.24) is 50.0 Å². The predicted octanol–water partition coefficient (Wildman–Crippen LogP) is 11.1. The van der Waals surface area contributed by atoms with Crippen molar-refractivity contribution < 1.29 is 28.7 Å². The van der Waals surface area contributed by atoms with Crippen molar-refractivity contribution in [3.8, 4) is 0 Å². The molecule has 8 fully saturated rings. The molecule has 19 heteroatoms. The molecule has 94 heavy (non-hydrogen) atoms. The maximum atomic E-state index is 13.4. The van der Waals surface area contributed by atoms with Gasteiger partial charge in [0.25, 0.3) is 0 Å². The zero-order valence-electron chi connectivity index (χ0n) is 57.8. The zero-order chi connectivity index (χ0) is 66.0. The number of anilines is 2. The van der Waals surface area contributed by atoms with Crippen molar-refractivity contribution in [2.75, 3.05) is 141 Å². The van der Waals surface area contributed by atoms with E-state index in [0.29, 0.717) is 50.2 Å². The largest absolute Gasteiger partial charge is 0.444 e. The molecule has 6 saturated heterocycles. The first-order valence-corrected chi connectivity index (χ1v) is 37.0. The first-order valence-electron chi connectivity index (χ1n) is 36.7.